The zero-order chi connectivity index (χ0) is 10.1. The number of fused-ring (bicyclic) bond motifs is 1. The fourth-order valence-corrected chi connectivity index (χ4v) is 1.62. The van der Waals surface area contributed by atoms with Crippen LogP contribution in [-0.4, -0.2) is 6.29 Å². The molecule has 0 radical (unpaired) electrons. The van der Waals surface area contributed by atoms with E-state index < -0.39 is 0 Å². The maximum absolute atomic E-state index is 10.9. The summed E-state index contributed by atoms with van der Waals surface area (Å²) in [6.07, 6.45) is 3.26. The second-order valence-electron chi connectivity index (χ2n) is 3.50. The summed E-state index contributed by atoms with van der Waals surface area (Å²) in [6, 6.07) is 3.06. The minimum atomic E-state index is -0.334. The van der Waals surface area contributed by atoms with Crippen molar-refractivity contribution >= 4 is 12.4 Å². The first-order chi connectivity index (χ1) is 6.70. The van der Waals surface area contributed by atoms with E-state index in [1.54, 1.807) is 12.1 Å². The second kappa shape index (κ2) is 3.25. The van der Waals surface area contributed by atoms with Gasteiger partial charge in [0, 0.05) is 18.1 Å². The molecule has 0 aromatic carbocycles. The third kappa shape index (κ3) is 1.41. The van der Waals surface area contributed by atoms with Gasteiger partial charge in [-0.15, -0.1) is 0 Å². The van der Waals surface area contributed by atoms with Gasteiger partial charge in [0.25, 0.3) is 0 Å². The summed E-state index contributed by atoms with van der Waals surface area (Å²) < 4.78 is 5.05. The van der Waals surface area contributed by atoms with Crippen molar-refractivity contribution in [3.8, 4) is 0 Å². The van der Waals surface area contributed by atoms with Gasteiger partial charge in [-0.3, -0.25) is 4.79 Å². The molecule has 1 heterocycles. The Bertz CT molecular complexity index is 454. The lowest BCUT2D eigenvalue weighted by molar-refractivity contribution is -0.105. The molecule has 3 nitrogen and oxygen atoms in total. The van der Waals surface area contributed by atoms with Gasteiger partial charge in [0.05, 0.1) is 0 Å². The molecule has 1 unspecified atom stereocenters. The second-order valence-corrected chi connectivity index (χ2v) is 3.50. The van der Waals surface area contributed by atoms with Crippen molar-refractivity contribution in [1.82, 2.24) is 0 Å². The Morgan fingerprint density at radius 2 is 2.29 bits per heavy atom. The largest absolute Gasteiger partial charge is 0.427 e. The molecular weight excluding hydrogens is 180 g/mol. The Hall–Kier alpha value is -1.64. The first-order valence-corrected chi connectivity index (χ1v) is 4.50. The SMILES string of the molecule is CC1Cc2oc(=O)ccc2C=C1C=O. The monoisotopic (exact) mass is 190 g/mol. The summed E-state index contributed by atoms with van der Waals surface area (Å²) in [6.45, 7) is 1.94. The zero-order valence-corrected chi connectivity index (χ0v) is 7.82. The zero-order valence-electron chi connectivity index (χ0n) is 7.82. The van der Waals surface area contributed by atoms with E-state index in [0.29, 0.717) is 12.2 Å². The van der Waals surface area contributed by atoms with Crippen LogP contribution in [0.3, 0.4) is 0 Å². The van der Waals surface area contributed by atoms with Gasteiger partial charge in [-0.2, -0.15) is 0 Å². The molecule has 0 fully saturated rings. The molecule has 14 heavy (non-hydrogen) atoms. The number of allylic oxidation sites excluding steroid dienone is 1. The minimum Gasteiger partial charge on any atom is -0.427 e. The van der Waals surface area contributed by atoms with Crippen molar-refractivity contribution in [2.45, 2.75) is 13.3 Å². The van der Waals surface area contributed by atoms with Crippen LogP contribution in [0.15, 0.2) is 26.9 Å². The maximum atomic E-state index is 10.9. The first kappa shape index (κ1) is 8.94. The Kier molecular flexibility index (Phi) is 2.08. The molecule has 1 aliphatic rings. The Morgan fingerprint density at radius 3 is 3.00 bits per heavy atom. The topological polar surface area (TPSA) is 47.3 Å². The lowest BCUT2D eigenvalue weighted by Gasteiger charge is -2.17. The first-order valence-electron chi connectivity index (χ1n) is 4.50. The van der Waals surface area contributed by atoms with E-state index in [2.05, 4.69) is 0 Å². The van der Waals surface area contributed by atoms with Gasteiger partial charge in [-0.1, -0.05) is 6.92 Å². The van der Waals surface area contributed by atoms with Crippen molar-refractivity contribution in [3.63, 3.8) is 0 Å². The van der Waals surface area contributed by atoms with E-state index in [1.165, 1.54) is 6.07 Å². The fourth-order valence-electron chi connectivity index (χ4n) is 1.62. The quantitative estimate of drug-likeness (QED) is 0.629. The molecule has 0 N–H and O–H groups in total. The molecule has 1 aromatic heterocycles. The molecule has 0 aliphatic heterocycles. The average molecular weight is 190 g/mol. The van der Waals surface area contributed by atoms with Crippen LogP contribution in [0.5, 0.6) is 0 Å². The van der Waals surface area contributed by atoms with Gasteiger partial charge < -0.3 is 4.42 Å². The number of hydrogen-bond acceptors (Lipinski definition) is 3. The summed E-state index contributed by atoms with van der Waals surface area (Å²) in [5.41, 5.74) is 1.26. The molecule has 0 bridgehead atoms. The highest BCUT2D eigenvalue weighted by Gasteiger charge is 2.18. The van der Waals surface area contributed by atoms with E-state index in [0.717, 1.165) is 17.4 Å². The molecule has 1 atom stereocenters. The van der Waals surface area contributed by atoms with Crippen LogP contribution in [-0.2, 0) is 11.2 Å². The van der Waals surface area contributed by atoms with Crippen LogP contribution in [0.2, 0.25) is 0 Å². The lowest BCUT2D eigenvalue weighted by atomic mass is 9.89. The van der Waals surface area contributed by atoms with Crippen molar-refractivity contribution in [1.29, 1.82) is 0 Å². The fraction of sp³-hybridized carbons (Fsp3) is 0.273. The molecule has 1 aromatic rings. The van der Waals surface area contributed by atoms with Gasteiger partial charge in [-0.05, 0) is 23.6 Å². The van der Waals surface area contributed by atoms with Gasteiger partial charge >= 0.3 is 5.63 Å². The lowest BCUT2D eigenvalue weighted by Crippen LogP contribution is -2.13. The number of hydrogen-bond donors (Lipinski definition) is 0. The molecular formula is C11H10O3. The highest BCUT2D eigenvalue weighted by atomic mass is 16.4. The highest BCUT2D eigenvalue weighted by molar-refractivity contribution is 5.83. The number of carbonyl (C=O) groups excluding carboxylic acids is 1. The average Bonchev–Trinajstić information content (AvgIpc) is 2.16. The molecule has 2 rings (SSSR count). The van der Waals surface area contributed by atoms with Crippen molar-refractivity contribution in [2.24, 2.45) is 5.92 Å². The summed E-state index contributed by atoms with van der Waals surface area (Å²) in [7, 11) is 0. The highest BCUT2D eigenvalue weighted by Crippen LogP contribution is 2.25. The van der Waals surface area contributed by atoms with Crippen molar-refractivity contribution < 1.29 is 9.21 Å². The third-order valence-electron chi connectivity index (χ3n) is 2.46. The van der Waals surface area contributed by atoms with Crippen LogP contribution in [0.25, 0.3) is 6.08 Å². The molecule has 1 aliphatic carbocycles. The minimum absolute atomic E-state index is 0.130. The molecule has 0 spiro atoms. The Morgan fingerprint density at radius 1 is 1.50 bits per heavy atom. The standard InChI is InChI=1S/C11H10O3/c1-7-4-10-8(5-9(7)6-12)2-3-11(13)14-10/h2-3,5-7H,4H2,1H3. The van der Waals surface area contributed by atoms with E-state index in [4.69, 9.17) is 4.42 Å². The van der Waals surface area contributed by atoms with Crippen LogP contribution < -0.4 is 5.63 Å². The number of carbonyl (C=O) groups is 1. The number of rotatable bonds is 1. The molecule has 3 heteroatoms. The van der Waals surface area contributed by atoms with Crippen molar-refractivity contribution in [2.75, 3.05) is 0 Å². The van der Waals surface area contributed by atoms with Crippen LogP contribution in [0.4, 0.5) is 0 Å². The molecule has 0 saturated heterocycles. The predicted molar refractivity (Wildman–Crippen MR) is 51.9 cm³/mol. The molecule has 0 amide bonds. The summed E-state index contributed by atoms with van der Waals surface area (Å²) in [4.78, 5) is 21.6. The van der Waals surface area contributed by atoms with Crippen LogP contribution in [0, 0.1) is 5.92 Å². The molecule has 0 saturated carbocycles. The van der Waals surface area contributed by atoms with Crippen molar-refractivity contribution in [3.05, 3.63) is 39.4 Å². The van der Waals surface area contributed by atoms with E-state index in [1.807, 2.05) is 6.92 Å². The predicted octanol–water partition coefficient (Wildman–Crippen LogP) is 1.41. The van der Waals surface area contributed by atoms with E-state index in [-0.39, 0.29) is 11.5 Å². The third-order valence-corrected chi connectivity index (χ3v) is 2.46. The van der Waals surface area contributed by atoms with Gasteiger partial charge in [-0.25, -0.2) is 4.79 Å². The summed E-state index contributed by atoms with van der Waals surface area (Å²) >= 11 is 0. The number of aldehydes is 1. The Balaban J connectivity index is 2.56. The van der Waals surface area contributed by atoms with Gasteiger partial charge in [0.2, 0.25) is 0 Å². The van der Waals surface area contributed by atoms with Crippen LogP contribution in [0.1, 0.15) is 18.2 Å². The van der Waals surface area contributed by atoms with E-state index in [9.17, 15) is 9.59 Å². The smallest absolute Gasteiger partial charge is 0.335 e. The molecule has 72 valence electrons. The normalized spacial score (nSPS) is 19.8. The Labute approximate surface area is 81.1 Å². The summed E-state index contributed by atoms with van der Waals surface area (Å²) in [5.74, 6) is 0.807. The summed E-state index contributed by atoms with van der Waals surface area (Å²) in [5, 5.41) is 0. The van der Waals surface area contributed by atoms with Gasteiger partial charge in [0.15, 0.2) is 0 Å². The van der Waals surface area contributed by atoms with Gasteiger partial charge in [0.1, 0.15) is 12.0 Å². The van der Waals surface area contributed by atoms with E-state index >= 15 is 0 Å². The van der Waals surface area contributed by atoms with Crippen LogP contribution >= 0.6 is 0 Å². The maximum Gasteiger partial charge on any atom is 0.335 e.